The number of benzene rings is 7. The van der Waals surface area contributed by atoms with E-state index in [2.05, 4.69) is 91.0 Å². The van der Waals surface area contributed by atoms with Gasteiger partial charge in [-0.25, -0.2) is 24.9 Å². The van der Waals surface area contributed by atoms with Crippen LogP contribution in [0.4, 0.5) is 0 Å². The quantitative estimate of drug-likeness (QED) is 0.169. The van der Waals surface area contributed by atoms with E-state index in [0.717, 1.165) is 81.3 Å². The molecule has 0 radical (unpaired) electrons. The van der Waals surface area contributed by atoms with Gasteiger partial charge in [-0.05, 0) is 53.6 Å². The fraction of sp³-hybridized carbons (Fsp3) is 0. The third-order valence-electron chi connectivity index (χ3n) is 10.2. The Bertz CT molecular complexity index is 3190. The summed E-state index contributed by atoms with van der Waals surface area (Å²) in [6, 6.07) is 60.0. The lowest BCUT2D eigenvalue weighted by Crippen LogP contribution is -2.00. The normalized spacial score (nSPS) is 11.6. The number of hydrogen-bond donors (Lipinski definition) is 0. The van der Waals surface area contributed by atoms with Crippen molar-refractivity contribution in [1.29, 1.82) is 0 Å². The Labute approximate surface area is 325 Å². The van der Waals surface area contributed by atoms with Gasteiger partial charge in [-0.1, -0.05) is 133 Å². The summed E-state index contributed by atoms with van der Waals surface area (Å²) in [5, 5.41) is 3.21. The van der Waals surface area contributed by atoms with E-state index < -0.39 is 0 Å². The summed E-state index contributed by atoms with van der Waals surface area (Å²) in [6.07, 6.45) is 0. The Morgan fingerprint density at radius 3 is 1.70 bits per heavy atom. The van der Waals surface area contributed by atoms with Crippen LogP contribution in [0.1, 0.15) is 0 Å². The van der Waals surface area contributed by atoms with E-state index in [1.54, 1.807) is 11.3 Å². The molecule has 11 aromatic rings. The number of para-hydroxylation sites is 1. The summed E-state index contributed by atoms with van der Waals surface area (Å²) in [4.78, 5) is 25.4. The molecule has 7 heteroatoms. The van der Waals surface area contributed by atoms with Crippen molar-refractivity contribution in [3.8, 4) is 67.9 Å². The highest BCUT2D eigenvalue weighted by atomic mass is 32.1. The number of fused-ring (bicyclic) bond motifs is 6. The highest BCUT2D eigenvalue weighted by Crippen LogP contribution is 2.43. The van der Waals surface area contributed by atoms with Gasteiger partial charge >= 0.3 is 0 Å². The van der Waals surface area contributed by atoms with E-state index in [1.165, 1.54) is 0 Å². The minimum Gasteiger partial charge on any atom is -0.452 e. The minimum atomic E-state index is 0.623. The Morgan fingerprint density at radius 2 is 0.964 bits per heavy atom. The third-order valence-corrected chi connectivity index (χ3v) is 11.4. The predicted molar refractivity (Wildman–Crippen MR) is 228 cm³/mol. The lowest BCUT2D eigenvalue weighted by molar-refractivity contribution is 0.667. The number of furan rings is 1. The molecular weight excluding hydrogens is 707 g/mol. The standard InChI is InChI=1S/C49H29N5OS/c1-4-14-30(15-5-1)33-20-12-21-34(28-33)42-44-43(37-22-10-11-25-40(37)55-44)51-49(50-42)38-24-13-23-36-39-29-35(26-27-41(39)56-45(36)38)48-53-46(31-16-6-2-7-17-31)52-47(54-48)32-18-8-3-9-19-32/h1-29H. The van der Waals surface area contributed by atoms with Crippen molar-refractivity contribution in [3.63, 3.8) is 0 Å². The van der Waals surface area contributed by atoms with E-state index in [-0.39, 0.29) is 0 Å². The Kier molecular flexibility index (Phi) is 7.57. The molecule has 0 amide bonds. The fourth-order valence-corrected chi connectivity index (χ4v) is 8.63. The fourth-order valence-electron chi connectivity index (χ4n) is 7.44. The molecule has 0 spiro atoms. The van der Waals surface area contributed by atoms with Crippen LogP contribution in [-0.4, -0.2) is 24.9 Å². The molecule has 4 heterocycles. The van der Waals surface area contributed by atoms with Crippen molar-refractivity contribution in [3.05, 3.63) is 176 Å². The van der Waals surface area contributed by atoms with Crippen molar-refractivity contribution in [2.45, 2.75) is 0 Å². The van der Waals surface area contributed by atoms with E-state index in [9.17, 15) is 0 Å². The summed E-state index contributed by atoms with van der Waals surface area (Å²) in [5.41, 5.74) is 10.0. The molecule has 0 saturated carbocycles. The van der Waals surface area contributed by atoms with Crippen LogP contribution in [0.25, 0.3) is 110 Å². The molecule has 0 unspecified atom stereocenters. The highest BCUT2D eigenvalue weighted by Gasteiger charge is 2.21. The molecule has 4 aromatic heterocycles. The van der Waals surface area contributed by atoms with Crippen LogP contribution in [0.15, 0.2) is 180 Å². The van der Waals surface area contributed by atoms with Gasteiger partial charge in [0.2, 0.25) is 0 Å². The first-order valence-electron chi connectivity index (χ1n) is 18.4. The molecule has 56 heavy (non-hydrogen) atoms. The number of hydrogen-bond acceptors (Lipinski definition) is 7. The third kappa shape index (κ3) is 5.52. The zero-order chi connectivity index (χ0) is 37.0. The van der Waals surface area contributed by atoms with Crippen LogP contribution in [0.2, 0.25) is 0 Å². The second-order valence-corrected chi connectivity index (χ2v) is 14.7. The topological polar surface area (TPSA) is 77.6 Å². The molecule has 0 aliphatic carbocycles. The van der Waals surface area contributed by atoms with Crippen LogP contribution >= 0.6 is 11.3 Å². The molecule has 7 aromatic carbocycles. The van der Waals surface area contributed by atoms with Crippen molar-refractivity contribution in [2.75, 3.05) is 0 Å². The lowest BCUT2D eigenvalue weighted by Gasteiger charge is -2.09. The van der Waals surface area contributed by atoms with Crippen LogP contribution < -0.4 is 0 Å². The average Bonchev–Trinajstić information content (AvgIpc) is 3.85. The zero-order valence-corrected chi connectivity index (χ0v) is 30.6. The van der Waals surface area contributed by atoms with Gasteiger partial charge in [0.25, 0.3) is 0 Å². The molecule has 0 bridgehead atoms. The van der Waals surface area contributed by atoms with Crippen molar-refractivity contribution in [1.82, 2.24) is 24.9 Å². The molecule has 0 fully saturated rings. The molecule has 6 nitrogen and oxygen atoms in total. The van der Waals surface area contributed by atoms with E-state index in [1.807, 2.05) is 84.9 Å². The molecule has 0 aliphatic heterocycles. The maximum atomic E-state index is 6.50. The average molecular weight is 736 g/mol. The molecule has 0 aliphatic rings. The SMILES string of the molecule is c1ccc(-c2cccc(-c3nc(-c4cccc5c4sc4ccc(-c6nc(-c7ccccc7)nc(-c7ccccc7)n6)cc45)nc4c3oc3ccccc34)c2)cc1. The van der Waals surface area contributed by atoms with Gasteiger partial charge in [0.15, 0.2) is 28.9 Å². The number of nitrogens with zero attached hydrogens (tertiary/aromatic N) is 5. The first-order valence-corrected chi connectivity index (χ1v) is 19.2. The van der Waals surface area contributed by atoms with E-state index in [4.69, 9.17) is 29.3 Å². The Balaban J connectivity index is 1.08. The predicted octanol–water partition coefficient (Wildman–Crippen LogP) is 12.9. The van der Waals surface area contributed by atoms with Crippen molar-refractivity contribution >= 4 is 53.6 Å². The first-order chi connectivity index (χ1) is 27.7. The summed E-state index contributed by atoms with van der Waals surface area (Å²) in [6.45, 7) is 0. The summed E-state index contributed by atoms with van der Waals surface area (Å²) in [7, 11) is 0. The van der Waals surface area contributed by atoms with Crippen LogP contribution in [0.3, 0.4) is 0 Å². The second kappa shape index (κ2) is 13.2. The maximum absolute atomic E-state index is 6.50. The van der Waals surface area contributed by atoms with Crippen molar-refractivity contribution in [2.24, 2.45) is 0 Å². The van der Waals surface area contributed by atoms with Gasteiger partial charge in [-0.15, -0.1) is 11.3 Å². The van der Waals surface area contributed by atoms with Gasteiger partial charge in [-0.3, -0.25) is 0 Å². The smallest absolute Gasteiger partial charge is 0.180 e. The minimum absolute atomic E-state index is 0.623. The number of aromatic nitrogens is 5. The first kappa shape index (κ1) is 32.1. The van der Waals surface area contributed by atoms with Crippen molar-refractivity contribution < 1.29 is 4.42 Å². The number of rotatable bonds is 6. The Hall–Kier alpha value is -7.35. The number of thiophene rings is 1. The van der Waals surface area contributed by atoms with E-state index in [0.29, 0.717) is 28.9 Å². The molecular formula is C49H29N5OS. The lowest BCUT2D eigenvalue weighted by atomic mass is 10.0. The van der Waals surface area contributed by atoms with Gasteiger partial charge < -0.3 is 4.42 Å². The maximum Gasteiger partial charge on any atom is 0.180 e. The van der Waals surface area contributed by atoms with Crippen LogP contribution in [0, 0.1) is 0 Å². The van der Waals surface area contributed by atoms with Crippen LogP contribution in [0.5, 0.6) is 0 Å². The van der Waals surface area contributed by atoms with Gasteiger partial charge in [0.1, 0.15) is 16.8 Å². The molecule has 0 saturated heterocycles. The van der Waals surface area contributed by atoms with Gasteiger partial charge in [-0.2, -0.15) is 0 Å². The van der Waals surface area contributed by atoms with Crippen LogP contribution in [-0.2, 0) is 0 Å². The van der Waals surface area contributed by atoms with Gasteiger partial charge in [0, 0.05) is 53.4 Å². The molecule has 262 valence electrons. The summed E-state index contributed by atoms with van der Waals surface area (Å²) >= 11 is 1.74. The largest absolute Gasteiger partial charge is 0.452 e. The molecule has 0 N–H and O–H groups in total. The summed E-state index contributed by atoms with van der Waals surface area (Å²) in [5.74, 6) is 2.55. The highest BCUT2D eigenvalue weighted by molar-refractivity contribution is 7.26. The summed E-state index contributed by atoms with van der Waals surface area (Å²) < 4.78 is 8.77. The van der Waals surface area contributed by atoms with E-state index >= 15 is 0 Å². The zero-order valence-electron chi connectivity index (χ0n) is 29.8. The molecule has 11 rings (SSSR count). The second-order valence-electron chi connectivity index (χ2n) is 13.7. The Morgan fingerprint density at radius 1 is 0.375 bits per heavy atom. The monoisotopic (exact) mass is 735 g/mol. The molecule has 0 atom stereocenters. The van der Waals surface area contributed by atoms with Gasteiger partial charge in [0.05, 0.1) is 0 Å².